The van der Waals surface area contributed by atoms with Crippen molar-refractivity contribution in [3.05, 3.63) is 21.3 Å². The van der Waals surface area contributed by atoms with Crippen molar-refractivity contribution in [1.82, 2.24) is 10.2 Å². The van der Waals surface area contributed by atoms with Crippen molar-refractivity contribution in [3.63, 3.8) is 0 Å². The highest BCUT2D eigenvalue weighted by Gasteiger charge is 2.28. The molecule has 1 aliphatic carbocycles. The molecule has 1 saturated heterocycles. The van der Waals surface area contributed by atoms with Crippen molar-refractivity contribution in [2.75, 3.05) is 19.6 Å². The number of thiophene rings is 1. The Kier molecular flexibility index (Phi) is 7.12. The third-order valence-electron chi connectivity index (χ3n) is 5.91. The maximum Gasteiger partial charge on any atom is 0.217 e. The van der Waals surface area contributed by atoms with Crippen LogP contribution in [-0.4, -0.2) is 42.3 Å². The number of hydrogen-bond donors (Lipinski definition) is 1. The Hall–Kier alpha value is -0.910. The van der Waals surface area contributed by atoms with Crippen molar-refractivity contribution in [2.24, 2.45) is 11.8 Å². The van der Waals surface area contributed by atoms with Crippen LogP contribution in [0.4, 0.5) is 0 Å². The number of rotatable bonds is 6. The third kappa shape index (κ3) is 5.30. The van der Waals surface area contributed by atoms with Crippen molar-refractivity contribution in [2.45, 2.75) is 57.9 Å². The fourth-order valence-corrected chi connectivity index (χ4v) is 5.49. The first-order chi connectivity index (χ1) is 12.5. The van der Waals surface area contributed by atoms with Crippen molar-refractivity contribution >= 4 is 34.6 Å². The zero-order chi connectivity index (χ0) is 18.5. The summed E-state index contributed by atoms with van der Waals surface area (Å²) in [7, 11) is 0. The molecule has 1 amide bonds. The highest BCUT2D eigenvalue weighted by Crippen LogP contribution is 2.30. The van der Waals surface area contributed by atoms with Crippen LogP contribution in [0.15, 0.2) is 11.4 Å². The normalized spacial score (nSPS) is 25.2. The largest absolute Gasteiger partial charge is 0.354 e. The zero-order valence-corrected chi connectivity index (χ0v) is 17.1. The summed E-state index contributed by atoms with van der Waals surface area (Å²) in [5.41, 5.74) is 0. The van der Waals surface area contributed by atoms with Crippen LogP contribution in [-0.2, 0) is 4.79 Å². The summed E-state index contributed by atoms with van der Waals surface area (Å²) in [6.07, 6.45) is 7.80. The third-order valence-corrected chi connectivity index (χ3v) is 7.26. The van der Waals surface area contributed by atoms with E-state index in [1.165, 1.54) is 30.6 Å². The number of carbonyl (C=O) groups excluding carboxylic acids is 2. The minimum absolute atomic E-state index is 0.0923. The van der Waals surface area contributed by atoms with E-state index >= 15 is 0 Å². The van der Waals surface area contributed by atoms with Gasteiger partial charge >= 0.3 is 0 Å². The topological polar surface area (TPSA) is 49.4 Å². The quantitative estimate of drug-likeness (QED) is 0.726. The molecule has 0 atom stereocenters. The monoisotopic (exact) mass is 396 g/mol. The number of hydrogen-bond acceptors (Lipinski definition) is 4. The molecule has 2 aliphatic rings. The van der Waals surface area contributed by atoms with Gasteiger partial charge in [0.25, 0.3) is 0 Å². The fourth-order valence-electron chi connectivity index (χ4n) is 4.32. The second-order valence-corrected chi connectivity index (χ2v) is 9.11. The predicted molar refractivity (Wildman–Crippen MR) is 107 cm³/mol. The van der Waals surface area contributed by atoms with E-state index in [0.29, 0.717) is 11.1 Å². The highest BCUT2D eigenvalue weighted by atomic mass is 35.5. The molecule has 144 valence electrons. The van der Waals surface area contributed by atoms with Crippen molar-refractivity contribution in [1.29, 1.82) is 0 Å². The molecule has 1 N–H and O–H groups in total. The van der Waals surface area contributed by atoms with E-state index in [9.17, 15) is 9.59 Å². The summed E-state index contributed by atoms with van der Waals surface area (Å²) in [5.74, 6) is 1.25. The van der Waals surface area contributed by atoms with Crippen LogP contribution < -0.4 is 5.32 Å². The Morgan fingerprint density at radius 3 is 2.46 bits per heavy atom. The SMILES string of the molecule is CC(=O)NC1CCC(CCN2CCC(C(=O)c3sccc3Cl)CC2)CC1. The van der Waals surface area contributed by atoms with Crippen molar-refractivity contribution < 1.29 is 9.59 Å². The van der Waals surface area contributed by atoms with E-state index < -0.39 is 0 Å². The number of amides is 1. The second kappa shape index (κ2) is 9.34. The maximum atomic E-state index is 12.6. The van der Waals surface area contributed by atoms with Gasteiger partial charge < -0.3 is 10.2 Å². The smallest absolute Gasteiger partial charge is 0.217 e. The van der Waals surface area contributed by atoms with Gasteiger partial charge in [-0.05, 0) is 81.9 Å². The molecule has 0 spiro atoms. The van der Waals surface area contributed by atoms with E-state index in [4.69, 9.17) is 11.6 Å². The molecule has 1 aliphatic heterocycles. The number of Topliss-reactive ketones (excluding diaryl/α,β-unsaturated/α-hetero) is 1. The minimum Gasteiger partial charge on any atom is -0.354 e. The average Bonchev–Trinajstić information content (AvgIpc) is 3.06. The Bertz CT molecular complexity index is 617. The maximum absolute atomic E-state index is 12.6. The Labute approximate surface area is 165 Å². The number of piperidine rings is 1. The molecule has 0 bridgehead atoms. The number of nitrogens with zero attached hydrogens (tertiary/aromatic N) is 1. The zero-order valence-electron chi connectivity index (χ0n) is 15.5. The summed E-state index contributed by atoms with van der Waals surface area (Å²) in [4.78, 5) is 27.0. The molecule has 0 aromatic carbocycles. The lowest BCUT2D eigenvalue weighted by molar-refractivity contribution is -0.119. The Morgan fingerprint density at radius 2 is 1.88 bits per heavy atom. The van der Waals surface area contributed by atoms with Gasteiger partial charge in [0.15, 0.2) is 5.78 Å². The highest BCUT2D eigenvalue weighted by molar-refractivity contribution is 7.12. The van der Waals surface area contributed by atoms with Gasteiger partial charge in [-0.15, -0.1) is 11.3 Å². The molecule has 3 rings (SSSR count). The van der Waals surface area contributed by atoms with E-state index in [-0.39, 0.29) is 17.6 Å². The molecular formula is C20H29ClN2O2S. The van der Waals surface area contributed by atoms with E-state index in [1.54, 1.807) is 6.92 Å². The Morgan fingerprint density at radius 1 is 1.19 bits per heavy atom. The van der Waals surface area contributed by atoms with Gasteiger partial charge in [-0.25, -0.2) is 0 Å². The van der Waals surface area contributed by atoms with E-state index in [2.05, 4.69) is 10.2 Å². The molecule has 0 radical (unpaired) electrons. The number of likely N-dealkylation sites (tertiary alicyclic amines) is 1. The molecule has 1 aromatic rings. The van der Waals surface area contributed by atoms with Crippen LogP contribution in [0, 0.1) is 11.8 Å². The molecule has 26 heavy (non-hydrogen) atoms. The minimum atomic E-state index is 0.0923. The van der Waals surface area contributed by atoms with Crippen LogP contribution in [0.3, 0.4) is 0 Å². The van der Waals surface area contributed by atoms with Gasteiger partial charge in [-0.3, -0.25) is 9.59 Å². The molecular weight excluding hydrogens is 368 g/mol. The predicted octanol–water partition coefficient (Wildman–Crippen LogP) is 4.38. The standard InChI is InChI=1S/C20H29ClN2O2S/c1-14(24)22-17-4-2-15(3-5-17)6-10-23-11-7-16(8-12-23)19(25)20-18(21)9-13-26-20/h9,13,15-17H,2-8,10-12H2,1H3,(H,22,24). The first kappa shape index (κ1) is 19.8. The first-order valence-corrected chi connectivity index (χ1v) is 11.1. The van der Waals surface area contributed by atoms with Crippen LogP contribution in [0.25, 0.3) is 0 Å². The van der Waals surface area contributed by atoms with Gasteiger partial charge in [0.05, 0.1) is 9.90 Å². The van der Waals surface area contributed by atoms with Gasteiger partial charge in [0, 0.05) is 18.9 Å². The molecule has 0 unspecified atom stereocenters. The average molecular weight is 397 g/mol. The summed E-state index contributed by atoms with van der Waals surface area (Å²) < 4.78 is 0. The van der Waals surface area contributed by atoms with Crippen LogP contribution in [0.1, 0.15) is 61.5 Å². The van der Waals surface area contributed by atoms with Gasteiger partial charge in [0.2, 0.25) is 5.91 Å². The summed E-state index contributed by atoms with van der Waals surface area (Å²) in [6, 6.07) is 2.20. The van der Waals surface area contributed by atoms with Crippen molar-refractivity contribution in [3.8, 4) is 0 Å². The molecule has 2 fully saturated rings. The second-order valence-electron chi connectivity index (χ2n) is 7.78. The summed E-state index contributed by atoms with van der Waals surface area (Å²) >= 11 is 7.58. The molecule has 4 nitrogen and oxygen atoms in total. The molecule has 1 aromatic heterocycles. The number of ketones is 1. The lowest BCUT2D eigenvalue weighted by Gasteiger charge is -2.34. The van der Waals surface area contributed by atoms with Crippen LogP contribution in [0.5, 0.6) is 0 Å². The van der Waals surface area contributed by atoms with E-state index in [0.717, 1.165) is 56.1 Å². The van der Waals surface area contributed by atoms with Crippen LogP contribution >= 0.6 is 22.9 Å². The van der Waals surface area contributed by atoms with Crippen LogP contribution in [0.2, 0.25) is 5.02 Å². The summed E-state index contributed by atoms with van der Waals surface area (Å²) in [5, 5.41) is 5.55. The number of nitrogens with one attached hydrogen (secondary N) is 1. The lowest BCUT2D eigenvalue weighted by atomic mass is 9.83. The number of halogens is 1. The summed E-state index contributed by atoms with van der Waals surface area (Å²) in [6.45, 7) is 4.77. The molecule has 1 saturated carbocycles. The molecule has 2 heterocycles. The fraction of sp³-hybridized carbons (Fsp3) is 0.700. The first-order valence-electron chi connectivity index (χ1n) is 9.79. The van der Waals surface area contributed by atoms with Gasteiger partial charge in [-0.2, -0.15) is 0 Å². The molecule has 6 heteroatoms. The Balaban J connectivity index is 1.35. The lowest BCUT2D eigenvalue weighted by Crippen LogP contribution is -2.39. The van der Waals surface area contributed by atoms with Gasteiger partial charge in [-0.1, -0.05) is 11.6 Å². The van der Waals surface area contributed by atoms with Gasteiger partial charge in [0.1, 0.15) is 0 Å². The number of carbonyl (C=O) groups is 2. The van der Waals surface area contributed by atoms with E-state index in [1.807, 2.05) is 11.4 Å².